The summed E-state index contributed by atoms with van der Waals surface area (Å²) in [6, 6.07) is 8.28. The summed E-state index contributed by atoms with van der Waals surface area (Å²) in [7, 11) is 0. The third kappa shape index (κ3) is 3.14. The molecule has 3 rings (SSSR count). The van der Waals surface area contributed by atoms with Crippen LogP contribution in [0.25, 0.3) is 0 Å². The van der Waals surface area contributed by atoms with Crippen molar-refractivity contribution in [3.05, 3.63) is 34.3 Å². The van der Waals surface area contributed by atoms with E-state index in [1.165, 1.54) is 18.4 Å². The van der Waals surface area contributed by atoms with Gasteiger partial charge in [0.05, 0.1) is 0 Å². The van der Waals surface area contributed by atoms with Gasteiger partial charge >= 0.3 is 0 Å². The highest BCUT2D eigenvalue weighted by molar-refractivity contribution is 9.10. The van der Waals surface area contributed by atoms with Crippen molar-refractivity contribution in [2.75, 3.05) is 6.54 Å². The van der Waals surface area contributed by atoms with Crippen LogP contribution in [-0.4, -0.2) is 17.4 Å². The average Bonchev–Trinajstić information content (AvgIpc) is 3.21. The van der Waals surface area contributed by atoms with Gasteiger partial charge in [0.15, 0.2) is 0 Å². The molecule has 96 valence electrons. The van der Waals surface area contributed by atoms with Crippen LogP contribution in [0.5, 0.6) is 0 Å². The fourth-order valence-corrected chi connectivity index (χ4v) is 2.74. The SMILES string of the molecule is O=C(C1CC1)N(Cc1cccc(Br)c1)CC1CC1. The minimum absolute atomic E-state index is 0.330. The Labute approximate surface area is 116 Å². The van der Waals surface area contributed by atoms with E-state index in [0.29, 0.717) is 11.8 Å². The normalized spacial score (nSPS) is 18.7. The Morgan fingerprint density at radius 1 is 1.28 bits per heavy atom. The van der Waals surface area contributed by atoms with Gasteiger partial charge in [0.1, 0.15) is 0 Å². The summed E-state index contributed by atoms with van der Waals surface area (Å²) in [5.41, 5.74) is 1.22. The molecule has 0 atom stereocenters. The van der Waals surface area contributed by atoms with E-state index in [2.05, 4.69) is 33.0 Å². The zero-order valence-corrected chi connectivity index (χ0v) is 12.0. The van der Waals surface area contributed by atoms with Crippen LogP contribution in [0.15, 0.2) is 28.7 Å². The van der Waals surface area contributed by atoms with Gasteiger partial charge in [-0.25, -0.2) is 0 Å². The maximum atomic E-state index is 12.3. The third-order valence-electron chi connectivity index (χ3n) is 3.68. The van der Waals surface area contributed by atoms with Gasteiger partial charge in [-0.05, 0) is 49.3 Å². The number of amides is 1. The summed E-state index contributed by atoms with van der Waals surface area (Å²) in [5, 5.41) is 0. The van der Waals surface area contributed by atoms with E-state index in [0.717, 1.165) is 36.3 Å². The van der Waals surface area contributed by atoms with Crippen molar-refractivity contribution < 1.29 is 4.79 Å². The van der Waals surface area contributed by atoms with E-state index in [1.807, 2.05) is 12.1 Å². The summed E-state index contributed by atoms with van der Waals surface area (Å²) in [5.74, 6) is 1.47. The average molecular weight is 308 g/mol. The van der Waals surface area contributed by atoms with E-state index >= 15 is 0 Å². The molecule has 2 fully saturated rings. The maximum Gasteiger partial charge on any atom is 0.225 e. The summed E-state index contributed by atoms with van der Waals surface area (Å²) in [6.45, 7) is 1.73. The summed E-state index contributed by atoms with van der Waals surface area (Å²) in [4.78, 5) is 14.4. The van der Waals surface area contributed by atoms with Gasteiger partial charge in [-0.15, -0.1) is 0 Å². The van der Waals surface area contributed by atoms with E-state index in [4.69, 9.17) is 0 Å². The molecular weight excluding hydrogens is 290 g/mol. The Bertz CT molecular complexity index is 452. The van der Waals surface area contributed by atoms with Crippen LogP contribution in [0.3, 0.4) is 0 Å². The molecule has 1 aromatic rings. The molecule has 0 N–H and O–H groups in total. The molecule has 18 heavy (non-hydrogen) atoms. The van der Waals surface area contributed by atoms with Crippen LogP contribution >= 0.6 is 15.9 Å². The predicted octanol–water partition coefficient (Wildman–Crippen LogP) is 3.60. The molecule has 2 aliphatic rings. The van der Waals surface area contributed by atoms with Gasteiger partial charge < -0.3 is 4.90 Å². The van der Waals surface area contributed by atoms with Crippen molar-refractivity contribution >= 4 is 21.8 Å². The smallest absolute Gasteiger partial charge is 0.225 e. The molecule has 0 aliphatic heterocycles. The number of carbonyl (C=O) groups is 1. The van der Waals surface area contributed by atoms with Crippen molar-refractivity contribution in [1.29, 1.82) is 0 Å². The lowest BCUT2D eigenvalue weighted by molar-refractivity contribution is -0.133. The number of carbonyl (C=O) groups excluding carboxylic acids is 1. The van der Waals surface area contributed by atoms with E-state index in [1.54, 1.807) is 0 Å². The fraction of sp³-hybridized carbons (Fsp3) is 0.533. The first-order valence-electron chi connectivity index (χ1n) is 6.75. The first kappa shape index (κ1) is 12.2. The molecule has 2 saturated carbocycles. The van der Waals surface area contributed by atoms with Gasteiger partial charge in [0, 0.05) is 23.5 Å². The van der Waals surface area contributed by atoms with Crippen LogP contribution in [0, 0.1) is 11.8 Å². The number of hydrogen-bond acceptors (Lipinski definition) is 1. The van der Waals surface area contributed by atoms with Crippen LogP contribution in [-0.2, 0) is 11.3 Å². The Kier molecular flexibility index (Phi) is 3.42. The van der Waals surface area contributed by atoms with E-state index in [9.17, 15) is 4.79 Å². The molecule has 0 heterocycles. The highest BCUT2D eigenvalue weighted by Gasteiger charge is 2.35. The first-order valence-corrected chi connectivity index (χ1v) is 7.55. The van der Waals surface area contributed by atoms with Gasteiger partial charge in [-0.3, -0.25) is 4.79 Å². The third-order valence-corrected chi connectivity index (χ3v) is 4.17. The monoisotopic (exact) mass is 307 g/mol. The molecule has 0 unspecified atom stereocenters. The highest BCUT2D eigenvalue weighted by atomic mass is 79.9. The first-order chi connectivity index (χ1) is 8.72. The van der Waals surface area contributed by atoms with Crippen LogP contribution in [0.4, 0.5) is 0 Å². The zero-order chi connectivity index (χ0) is 12.5. The lowest BCUT2D eigenvalue weighted by Crippen LogP contribution is -2.33. The quantitative estimate of drug-likeness (QED) is 0.814. The second-order valence-corrected chi connectivity index (χ2v) is 6.48. The number of rotatable bonds is 5. The molecule has 1 aromatic carbocycles. The number of nitrogens with zero attached hydrogens (tertiary/aromatic N) is 1. The minimum atomic E-state index is 0.330. The topological polar surface area (TPSA) is 20.3 Å². The lowest BCUT2D eigenvalue weighted by atomic mass is 10.2. The van der Waals surface area contributed by atoms with Gasteiger partial charge in [0.2, 0.25) is 5.91 Å². The van der Waals surface area contributed by atoms with Crippen molar-refractivity contribution in [2.45, 2.75) is 32.2 Å². The Morgan fingerprint density at radius 2 is 2.06 bits per heavy atom. The molecule has 0 aromatic heterocycles. The molecule has 0 saturated heterocycles. The highest BCUT2D eigenvalue weighted by Crippen LogP contribution is 2.35. The number of hydrogen-bond donors (Lipinski definition) is 0. The van der Waals surface area contributed by atoms with E-state index < -0.39 is 0 Å². The number of benzene rings is 1. The van der Waals surface area contributed by atoms with Crippen molar-refractivity contribution in [2.24, 2.45) is 11.8 Å². The molecule has 0 radical (unpaired) electrons. The Hall–Kier alpha value is -0.830. The maximum absolute atomic E-state index is 12.3. The van der Waals surface area contributed by atoms with E-state index in [-0.39, 0.29) is 0 Å². The predicted molar refractivity (Wildman–Crippen MR) is 75.0 cm³/mol. The van der Waals surface area contributed by atoms with Crippen LogP contribution < -0.4 is 0 Å². The van der Waals surface area contributed by atoms with Crippen LogP contribution in [0.1, 0.15) is 31.2 Å². The molecule has 0 bridgehead atoms. The molecule has 3 heteroatoms. The number of halogens is 1. The second kappa shape index (κ2) is 5.04. The van der Waals surface area contributed by atoms with Gasteiger partial charge in [-0.2, -0.15) is 0 Å². The summed E-state index contributed by atoms with van der Waals surface area (Å²) >= 11 is 3.49. The molecule has 2 aliphatic carbocycles. The van der Waals surface area contributed by atoms with Crippen molar-refractivity contribution in [3.8, 4) is 0 Å². The lowest BCUT2D eigenvalue weighted by Gasteiger charge is -2.23. The Balaban J connectivity index is 1.69. The minimum Gasteiger partial charge on any atom is -0.338 e. The Morgan fingerprint density at radius 3 is 2.67 bits per heavy atom. The summed E-state index contributed by atoms with van der Waals surface area (Å²) in [6.07, 6.45) is 4.79. The van der Waals surface area contributed by atoms with Gasteiger partial charge in [-0.1, -0.05) is 28.1 Å². The molecular formula is C15H18BrNO. The fourth-order valence-electron chi connectivity index (χ4n) is 2.29. The second-order valence-electron chi connectivity index (χ2n) is 5.57. The van der Waals surface area contributed by atoms with Gasteiger partial charge in [0.25, 0.3) is 0 Å². The molecule has 1 amide bonds. The summed E-state index contributed by atoms with van der Waals surface area (Å²) < 4.78 is 1.09. The van der Waals surface area contributed by atoms with Crippen LogP contribution in [0.2, 0.25) is 0 Å². The largest absolute Gasteiger partial charge is 0.338 e. The zero-order valence-electron chi connectivity index (χ0n) is 10.4. The molecule has 0 spiro atoms. The van der Waals surface area contributed by atoms with Crippen molar-refractivity contribution in [1.82, 2.24) is 4.90 Å². The van der Waals surface area contributed by atoms with Crippen molar-refractivity contribution in [3.63, 3.8) is 0 Å². The molecule has 2 nitrogen and oxygen atoms in total. The standard InChI is InChI=1S/C15H18BrNO/c16-14-3-1-2-12(8-14)10-17(9-11-4-5-11)15(18)13-6-7-13/h1-3,8,11,13H,4-7,9-10H2.